The summed E-state index contributed by atoms with van der Waals surface area (Å²) in [5.41, 5.74) is 6.23. The molecule has 1 aromatic rings. The second-order valence-electron chi connectivity index (χ2n) is 5.33. The molecule has 0 aliphatic carbocycles. The summed E-state index contributed by atoms with van der Waals surface area (Å²) in [5, 5.41) is 0. The van der Waals surface area contributed by atoms with Crippen LogP contribution in [0, 0.1) is 0 Å². The largest absolute Gasteiger partial charge is 0.338 e. The molecule has 0 spiro atoms. The lowest BCUT2D eigenvalue weighted by atomic mass is 9.90. The maximum atomic E-state index is 6.08. The molecule has 4 heteroatoms. The number of aromatic nitrogens is 2. The van der Waals surface area contributed by atoms with E-state index in [-0.39, 0.29) is 5.54 Å². The van der Waals surface area contributed by atoms with Crippen LogP contribution in [-0.2, 0) is 13.5 Å². The van der Waals surface area contributed by atoms with E-state index in [0.717, 1.165) is 44.7 Å². The van der Waals surface area contributed by atoms with Crippen LogP contribution in [0.1, 0.15) is 45.9 Å². The molecule has 0 amide bonds. The van der Waals surface area contributed by atoms with Crippen LogP contribution in [0.3, 0.4) is 0 Å². The van der Waals surface area contributed by atoms with Gasteiger partial charge in [0.15, 0.2) is 0 Å². The number of aryl methyl sites for hydroxylation is 1. The number of hydrogen-bond acceptors (Lipinski definition) is 3. The fraction of sp³-hybridized carbons (Fsp3) is 0.800. The molecule has 0 bridgehead atoms. The number of nitrogens with two attached hydrogens (primary N) is 1. The van der Waals surface area contributed by atoms with Crippen LogP contribution in [-0.4, -0.2) is 39.6 Å². The van der Waals surface area contributed by atoms with E-state index in [1.165, 1.54) is 6.42 Å². The van der Waals surface area contributed by atoms with Gasteiger partial charge in [0.2, 0.25) is 0 Å². The number of nitrogens with zero attached hydrogens (tertiary/aromatic N) is 3. The summed E-state index contributed by atoms with van der Waals surface area (Å²) in [6.45, 7) is 9.63. The van der Waals surface area contributed by atoms with E-state index in [9.17, 15) is 0 Å². The predicted molar refractivity (Wildman–Crippen MR) is 81.1 cm³/mol. The van der Waals surface area contributed by atoms with Gasteiger partial charge < -0.3 is 10.3 Å². The monoisotopic (exact) mass is 266 g/mol. The molecular formula is C15H30N4. The molecule has 1 aromatic heterocycles. The average molecular weight is 266 g/mol. The minimum absolute atomic E-state index is 0.154. The molecule has 0 aromatic carbocycles. The topological polar surface area (TPSA) is 47.1 Å². The molecular weight excluding hydrogens is 236 g/mol. The Bertz CT molecular complexity index is 347. The zero-order valence-electron chi connectivity index (χ0n) is 13.0. The van der Waals surface area contributed by atoms with Gasteiger partial charge in [-0.3, -0.25) is 4.90 Å². The van der Waals surface area contributed by atoms with Gasteiger partial charge in [0.05, 0.1) is 0 Å². The molecule has 0 saturated carbocycles. The molecule has 0 unspecified atom stereocenters. The maximum absolute atomic E-state index is 6.08. The predicted octanol–water partition coefficient (Wildman–Crippen LogP) is 2.19. The van der Waals surface area contributed by atoms with Crippen molar-refractivity contribution in [3.63, 3.8) is 0 Å². The van der Waals surface area contributed by atoms with Gasteiger partial charge in [0.1, 0.15) is 5.82 Å². The van der Waals surface area contributed by atoms with Crippen molar-refractivity contribution in [2.75, 3.05) is 19.6 Å². The Kier molecular flexibility index (Phi) is 6.52. The van der Waals surface area contributed by atoms with Gasteiger partial charge in [-0.25, -0.2) is 4.98 Å². The quantitative estimate of drug-likeness (QED) is 0.745. The molecule has 1 rings (SSSR count). The van der Waals surface area contributed by atoms with Crippen molar-refractivity contribution in [1.29, 1.82) is 0 Å². The molecule has 0 aliphatic rings. The highest BCUT2D eigenvalue weighted by molar-refractivity contribution is 4.95. The van der Waals surface area contributed by atoms with Crippen molar-refractivity contribution in [2.24, 2.45) is 12.8 Å². The van der Waals surface area contributed by atoms with E-state index in [1.54, 1.807) is 0 Å². The summed E-state index contributed by atoms with van der Waals surface area (Å²) in [7, 11) is 2.06. The highest BCUT2D eigenvalue weighted by atomic mass is 15.2. The van der Waals surface area contributed by atoms with E-state index in [1.807, 2.05) is 12.4 Å². The normalized spacial score (nSPS) is 12.3. The van der Waals surface area contributed by atoms with Crippen LogP contribution in [0.5, 0.6) is 0 Å². The Balaban J connectivity index is 2.74. The van der Waals surface area contributed by atoms with Gasteiger partial charge in [-0.15, -0.1) is 0 Å². The molecule has 19 heavy (non-hydrogen) atoms. The van der Waals surface area contributed by atoms with Crippen LogP contribution in [0.25, 0.3) is 0 Å². The lowest BCUT2D eigenvalue weighted by Crippen LogP contribution is -2.54. The number of imidazole rings is 1. The van der Waals surface area contributed by atoms with Crippen LogP contribution >= 0.6 is 0 Å². The van der Waals surface area contributed by atoms with Gasteiger partial charge in [0.25, 0.3) is 0 Å². The van der Waals surface area contributed by atoms with Crippen molar-refractivity contribution in [3.8, 4) is 0 Å². The van der Waals surface area contributed by atoms with Crippen LogP contribution in [0.15, 0.2) is 12.4 Å². The molecule has 4 nitrogen and oxygen atoms in total. The minimum Gasteiger partial charge on any atom is -0.338 e. The third kappa shape index (κ3) is 3.80. The summed E-state index contributed by atoms with van der Waals surface area (Å²) in [5.74, 6) is 1.15. The highest BCUT2D eigenvalue weighted by Crippen LogP contribution is 2.23. The van der Waals surface area contributed by atoms with Gasteiger partial charge >= 0.3 is 0 Å². The van der Waals surface area contributed by atoms with Gasteiger partial charge in [-0.2, -0.15) is 0 Å². The Labute approximate surface area is 118 Å². The Morgan fingerprint density at radius 2 is 1.95 bits per heavy atom. The second-order valence-corrected chi connectivity index (χ2v) is 5.33. The van der Waals surface area contributed by atoms with Crippen molar-refractivity contribution in [2.45, 2.75) is 52.0 Å². The van der Waals surface area contributed by atoms with Crippen molar-refractivity contribution in [3.05, 3.63) is 18.2 Å². The Hall–Kier alpha value is -0.870. The van der Waals surface area contributed by atoms with E-state index in [4.69, 9.17) is 5.73 Å². The van der Waals surface area contributed by atoms with Crippen molar-refractivity contribution < 1.29 is 0 Å². The van der Waals surface area contributed by atoms with E-state index in [0.29, 0.717) is 0 Å². The van der Waals surface area contributed by atoms with Crippen LogP contribution < -0.4 is 5.73 Å². The average Bonchev–Trinajstić information content (AvgIpc) is 2.84. The lowest BCUT2D eigenvalue weighted by molar-refractivity contribution is 0.0851. The first-order chi connectivity index (χ1) is 9.13. The smallest absolute Gasteiger partial charge is 0.109 e. The first-order valence-electron chi connectivity index (χ1n) is 7.54. The molecule has 1 heterocycles. The Morgan fingerprint density at radius 3 is 2.37 bits per heavy atom. The summed E-state index contributed by atoms with van der Waals surface area (Å²) in [4.78, 5) is 6.98. The first-order valence-corrected chi connectivity index (χ1v) is 7.54. The fourth-order valence-corrected chi connectivity index (χ4v) is 2.84. The molecule has 0 aliphatic heterocycles. The molecule has 110 valence electrons. The first kappa shape index (κ1) is 16.2. The number of hydrogen-bond donors (Lipinski definition) is 1. The zero-order valence-corrected chi connectivity index (χ0v) is 13.0. The number of rotatable bonds is 9. The molecule has 0 fully saturated rings. The maximum Gasteiger partial charge on any atom is 0.109 e. The van der Waals surface area contributed by atoms with Crippen LogP contribution in [0.4, 0.5) is 0 Å². The second kappa shape index (κ2) is 7.65. The third-order valence-corrected chi connectivity index (χ3v) is 4.39. The third-order valence-electron chi connectivity index (χ3n) is 4.39. The van der Waals surface area contributed by atoms with Gasteiger partial charge in [0, 0.05) is 44.5 Å². The van der Waals surface area contributed by atoms with Crippen molar-refractivity contribution >= 4 is 0 Å². The lowest BCUT2D eigenvalue weighted by Gasteiger charge is -2.42. The highest BCUT2D eigenvalue weighted by Gasteiger charge is 2.31. The van der Waals surface area contributed by atoms with Gasteiger partial charge in [-0.1, -0.05) is 20.8 Å². The Morgan fingerprint density at radius 1 is 1.26 bits per heavy atom. The molecule has 0 radical (unpaired) electrons. The SMILES string of the molecule is CCCN(CCc1nccn1C)C(CC)(CC)CN. The molecule has 0 saturated heterocycles. The van der Waals surface area contributed by atoms with E-state index < -0.39 is 0 Å². The standard InChI is InChI=1S/C15H30N4/c1-5-10-19(15(6-2,7-3)13-16)11-8-14-17-9-12-18(14)4/h9,12H,5-8,10-11,13,16H2,1-4H3. The molecule has 2 N–H and O–H groups in total. The summed E-state index contributed by atoms with van der Waals surface area (Å²) in [6.07, 6.45) is 8.26. The van der Waals surface area contributed by atoms with Gasteiger partial charge in [-0.05, 0) is 25.8 Å². The van der Waals surface area contributed by atoms with Crippen molar-refractivity contribution in [1.82, 2.24) is 14.5 Å². The zero-order chi connectivity index (χ0) is 14.3. The molecule has 0 atom stereocenters. The summed E-state index contributed by atoms with van der Waals surface area (Å²) < 4.78 is 2.10. The fourth-order valence-electron chi connectivity index (χ4n) is 2.84. The summed E-state index contributed by atoms with van der Waals surface area (Å²) in [6, 6.07) is 0. The van der Waals surface area contributed by atoms with E-state index >= 15 is 0 Å². The summed E-state index contributed by atoms with van der Waals surface area (Å²) >= 11 is 0. The van der Waals surface area contributed by atoms with E-state index in [2.05, 4.69) is 42.3 Å². The minimum atomic E-state index is 0.154. The van der Waals surface area contributed by atoms with Crippen LogP contribution in [0.2, 0.25) is 0 Å².